The summed E-state index contributed by atoms with van der Waals surface area (Å²) in [7, 11) is 0. The van der Waals surface area contributed by atoms with E-state index in [1.165, 1.54) is 37.7 Å². The highest BCUT2D eigenvalue weighted by Crippen LogP contribution is 2.62. The van der Waals surface area contributed by atoms with Gasteiger partial charge in [0.1, 0.15) is 0 Å². The van der Waals surface area contributed by atoms with E-state index in [0.29, 0.717) is 29.3 Å². The quantitative estimate of drug-likeness (QED) is 0.731. The van der Waals surface area contributed by atoms with E-state index < -0.39 is 0 Å². The molecule has 2 fully saturated rings. The van der Waals surface area contributed by atoms with Crippen LogP contribution in [0.15, 0.2) is 11.6 Å². The van der Waals surface area contributed by atoms with Crippen LogP contribution in [0.2, 0.25) is 0 Å². The topological polar surface area (TPSA) is 40.5 Å². The third-order valence-corrected chi connectivity index (χ3v) is 7.04. The van der Waals surface area contributed by atoms with Crippen LogP contribution in [0.4, 0.5) is 0 Å². The van der Waals surface area contributed by atoms with Crippen molar-refractivity contribution in [2.45, 2.75) is 72.6 Å². The first kappa shape index (κ1) is 18.0. The van der Waals surface area contributed by atoms with Crippen LogP contribution < -0.4 is 0 Å². The van der Waals surface area contributed by atoms with E-state index >= 15 is 0 Å². The van der Waals surface area contributed by atoms with Crippen LogP contribution in [-0.2, 0) is 0 Å². The van der Waals surface area contributed by atoms with Gasteiger partial charge in [-0.3, -0.25) is 0 Å². The maximum Gasteiger partial charge on any atom is 0.0614 e. The molecule has 2 aliphatic carbocycles. The predicted octanol–water partition coefficient (Wildman–Crippen LogP) is 4.56. The molecule has 0 unspecified atom stereocenters. The molecule has 2 N–H and O–H groups in total. The Morgan fingerprint density at radius 3 is 2.50 bits per heavy atom. The summed E-state index contributed by atoms with van der Waals surface area (Å²) in [6, 6.07) is 0. The summed E-state index contributed by atoms with van der Waals surface area (Å²) < 4.78 is 0. The Morgan fingerprint density at radius 1 is 1.14 bits per heavy atom. The Bertz CT molecular complexity index is 399. The Balaban J connectivity index is 2.20. The number of hydrogen-bond donors (Lipinski definition) is 2. The molecule has 128 valence electrons. The molecule has 0 amide bonds. The van der Waals surface area contributed by atoms with Crippen LogP contribution in [0.5, 0.6) is 0 Å². The van der Waals surface area contributed by atoms with Gasteiger partial charge in [-0.15, -0.1) is 0 Å². The van der Waals surface area contributed by atoms with Gasteiger partial charge in [0, 0.05) is 6.61 Å². The zero-order chi connectivity index (χ0) is 16.4. The molecule has 2 aliphatic rings. The number of aliphatic hydroxyl groups excluding tert-OH is 2. The van der Waals surface area contributed by atoms with Gasteiger partial charge in [-0.05, 0) is 74.0 Å². The van der Waals surface area contributed by atoms with E-state index in [-0.39, 0.29) is 6.61 Å². The van der Waals surface area contributed by atoms with Crippen molar-refractivity contribution in [2.75, 3.05) is 13.2 Å². The van der Waals surface area contributed by atoms with E-state index in [2.05, 4.69) is 27.7 Å². The molecule has 2 heteroatoms. The van der Waals surface area contributed by atoms with Crippen molar-refractivity contribution >= 4 is 0 Å². The number of fused-ring (bicyclic) bond motifs is 1. The van der Waals surface area contributed by atoms with Crippen LogP contribution >= 0.6 is 0 Å². The summed E-state index contributed by atoms with van der Waals surface area (Å²) in [6.07, 6.45) is 10.6. The molecular weight excluding hydrogens is 272 g/mol. The first-order chi connectivity index (χ1) is 10.3. The highest BCUT2D eigenvalue weighted by molar-refractivity contribution is 5.05. The van der Waals surface area contributed by atoms with Gasteiger partial charge < -0.3 is 10.2 Å². The Morgan fingerprint density at radius 2 is 1.86 bits per heavy atom. The highest BCUT2D eigenvalue weighted by atomic mass is 16.3. The smallest absolute Gasteiger partial charge is 0.0614 e. The zero-order valence-electron chi connectivity index (χ0n) is 15.1. The number of rotatable bonds is 5. The molecule has 0 saturated heterocycles. The first-order valence-corrected chi connectivity index (χ1v) is 9.22. The fourth-order valence-corrected chi connectivity index (χ4v) is 5.88. The molecule has 0 spiro atoms. The Kier molecular flexibility index (Phi) is 5.77. The minimum atomic E-state index is 0.146. The predicted molar refractivity (Wildman–Crippen MR) is 92.6 cm³/mol. The van der Waals surface area contributed by atoms with Crippen molar-refractivity contribution in [3.8, 4) is 0 Å². The van der Waals surface area contributed by atoms with Crippen molar-refractivity contribution in [1.29, 1.82) is 0 Å². The van der Waals surface area contributed by atoms with Gasteiger partial charge in [0.2, 0.25) is 0 Å². The van der Waals surface area contributed by atoms with Crippen LogP contribution in [0.25, 0.3) is 0 Å². The van der Waals surface area contributed by atoms with E-state index in [9.17, 15) is 5.11 Å². The lowest BCUT2D eigenvalue weighted by atomic mass is 9.46. The maximum atomic E-state index is 9.91. The average molecular weight is 309 g/mol. The summed E-state index contributed by atoms with van der Waals surface area (Å²) in [5, 5.41) is 19.0. The van der Waals surface area contributed by atoms with Crippen LogP contribution in [0, 0.1) is 28.6 Å². The second-order valence-electron chi connectivity index (χ2n) is 8.80. The summed E-state index contributed by atoms with van der Waals surface area (Å²) in [4.78, 5) is 0. The lowest BCUT2D eigenvalue weighted by molar-refractivity contribution is -0.108. The normalized spacial score (nSPS) is 38.6. The van der Waals surface area contributed by atoms with Crippen LogP contribution in [0.1, 0.15) is 72.6 Å². The van der Waals surface area contributed by atoms with Gasteiger partial charge in [-0.1, -0.05) is 38.8 Å². The largest absolute Gasteiger partial charge is 0.396 e. The molecule has 0 aromatic carbocycles. The van der Waals surface area contributed by atoms with Crippen molar-refractivity contribution < 1.29 is 10.2 Å². The second-order valence-corrected chi connectivity index (χ2v) is 8.80. The number of hydrogen-bond acceptors (Lipinski definition) is 2. The molecule has 0 heterocycles. The number of allylic oxidation sites excluding steroid dienone is 1. The maximum absolute atomic E-state index is 9.91. The second kappa shape index (κ2) is 7.05. The van der Waals surface area contributed by atoms with Crippen molar-refractivity contribution in [3.63, 3.8) is 0 Å². The minimum Gasteiger partial charge on any atom is -0.396 e. The van der Waals surface area contributed by atoms with Gasteiger partial charge in [0.15, 0.2) is 0 Å². The molecule has 22 heavy (non-hydrogen) atoms. The molecule has 2 saturated carbocycles. The molecule has 0 radical (unpaired) electrons. The Hall–Kier alpha value is -0.340. The molecule has 0 aromatic heterocycles. The Labute approximate surface area is 137 Å². The van der Waals surface area contributed by atoms with Gasteiger partial charge in [0.25, 0.3) is 0 Å². The van der Waals surface area contributed by atoms with Crippen molar-refractivity contribution in [2.24, 2.45) is 28.6 Å². The van der Waals surface area contributed by atoms with E-state index in [1.807, 2.05) is 6.08 Å². The lowest BCUT2D eigenvalue weighted by Crippen LogP contribution is -2.52. The molecule has 2 nitrogen and oxygen atoms in total. The number of aliphatic hydroxyl groups is 2. The first-order valence-electron chi connectivity index (χ1n) is 9.22. The third-order valence-electron chi connectivity index (χ3n) is 7.04. The molecule has 0 aliphatic heterocycles. The third kappa shape index (κ3) is 3.43. The summed E-state index contributed by atoms with van der Waals surface area (Å²) in [6.45, 7) is 10.0. The molecule has 0 bridgehead atoms. The molecule has 2 rings (SSSR count). The monoisotopic (exact) mass is 308 g/mol. The van der Waals surface area contributed by atoms with Gasteiger partial charge in [0.05, 0.1) is 6.61 Å². The van der Waals surface area contributed by atoms with Gasteiger partial charge >= 0.3 is 0 Å². The zero-order valence-corrected chi connectivity index (χ0v) is 15.1. The molecule has 4 atom stereocenters. The molecule has 0 aromatic rings. The highest BCUT2D eigenvalue weighted by Gasteiger charge is 2.53. The van der Waals surface area contributed by atoms with E-state index in [4.69, 9.17) is 5.11 Å². The summed E-state index contributed by atoms with van der Waals surface area (Å²) in [5.41, 5.74) is 2.12. The van der Waals surface area contributed by atoms with Crippen LogP contribution in [-0.4, -0.2) is 23.4 Å². The van der Waals surface area contributed by atoms with Gasteiger partial charge in [-0.25, -0.2) is 0 Å². The van der Waals surface area contributed by atoms with Crippen molar-refractivity contribution in [1.82, 2.24) is 0 Å². The van der Waals surface area contributed by atoms with E-state index in [0.717, 1.165) is 18.8 Å². The van der Waals surface area contributed by atoms with Crippen LogP contribution in [0.3, 0.4) is 0 Å². The fourth-order valence-electron chi connectivity index (χ4n) is 5.88. The van der Waals surface area contributed by atoms with E-state index in [1.54, 1.807) is 0 Å². The lowest BCUT2D eigenvalue weighted by Gasteiger charge is -2.59. The summed E-state index contributed by atoms with van der Waals surface area (Å²) >= 11 is 0. The summed E-state index contributed by atoms with van der Waals surface area (Å²) in [5.74, 6) is 1.89. The van der Waals surface area contributed by atoms with Gasteiger partial charge in [-0.2, -0.15) is 0 Å². The standard InChI is InChI=1S/C20H36O2/c1-15(10-13-21)6-8-17-16(14-22)7-9-18-19(2,3)11-5-12-20(17,18)4/h10,16-18,21-22H,5-9,11-14H2,1-4H3/b15-10+/t16-,17+,18-,20-/m0/s1. The molecular formula is C20H36O2. The van der Waals surface area contributed by atoms with Crippen molar-refractivity contribution in [3.05, 3.63) is 11.6 Å². The SMILES string of the molecule is C/C(=C\CO)CC[C@@H]1[C@H](CO)CC[C@H]2C(C)(C)CCC[C@@]12C. The average Bonchev–Trinajstić information content (AvgIpc) is 2.44. The minimum absolute atomic E-state index is 0.146. The fraction of sp³-hybridized carbons (Fsp3) is 0.900.